The fraction of sp³-hybridized carbons (Fsp3) is 0.500. The summed E-state index contributed by atoms with van der Waals surface area (Å²) in [6.07, 6.45) is 3.48. The van der Waals surface area contributed by atoms with Gasteiger partial charge in [-0.2, -0.15) is 0 Å². The number of ether oxygens (including phenoxy) is 1. The Bertz CT molecular complexity index is 503. The summed E-state index contributed by atoms with van der Waals surface area (Å²) in [6.45, 7) is 2.78. The average Bonchev–Trinajstić information content (AvgIpc) is 2.53. The topological polar surface area (TPSA) is 93.9 Å². The van der Waals surface area contributed by atoms with Crippen LogP contribution in [-0.4, -0.2) is 43.1 Å². The van der Waals surface area contributed by atoms with Gasteiger partial charge in [0.15, 0.2) is 5.96 Å². The number of nitrogens with two attached hydrogens (primary N) is 2. The summed E-state index contributed by atoms with van der Waals surface area (Å²) in [5.41, 5.74) is 12.7. The van der Waals surface area contributed by atoms with Crippen molar-refractivity contribution in [2.24, 2.45) is 16.5 Å². The van der Waals surface area contributed by atoms with Crippen molar-refractivity contribution < 1.29 is 9.53 Å². The SMILES string of the molecule is NC(N)=Nc1ccc(CCCCC(=O)N2CCOCC2)cc1. The van der Waals surface area contributed by atoms with E-state index in [1.165, 1.54) is 5.56 Å². The van der Waals surface area contributed by atoms with Crippen LogP contribution in [0.2, 0.25) is 0 Å². The minimum absolute atomic E-state index is 0.0642. The van der Waals surface area contributed by atoms with Gasteiger partial charge in [0, 0.05) is 19.5 Å². The van der Waals surface area contributed by atoms with Gasteiger partial charge >= 0.3 is 0 Å². The number of guanidine groups is 1. The van der Waals surface area contributed by atoms with Gasteiger partial charge in [-0.25, -0.2) is 4.99 Å². The molecule has 6 nitrogen and oxygen atoms in total. The lowest BCUT2D eigenvalue weighted by molar-refractivity contribution is -0.135. The molecule has 2 rings (SSSR count). The first-order valence-corrected chi connectivity index (χ1v) is 7.69. The number of morpholine rings is 1. The van der Waals surface area contributed by atoms with Gasteiger partial charge in [0.2, 0.25) is 5.91 Å². The molecule has 1 fully saturated rings. The minimum atomic E-state index is 0.0642. The van der Waals surface area contributed by atoms with Gasteiger partial charge in [-0.05, 0) is 37.0 Å². The molecule has 1 heterocycles. The number of carbonyl (C=O) groups is 1. The number of aliphatic imine (C=N–C) groups is 1. The normalized spacial score (nSPS) is 14.6. The Balaban J connectivity index is 1.67. The zero-order chi connectivity index (χ0) is 15.8. The largest absolute Gasteiger partial charge is 0.378 e. The maximum Gasteiger partial charge on any atom is 0.222 e. The predicted molar refractivity (Wildman–Crippen MR) is 86.9 cm³/mol. The highest BCUT2D eigenvalue weighted by Gasteiger charge is 2.15. The van der Waals surface area contributed by atoms with Crippen molar-refractivity contribution in [1.29, 1.82) is 0 Å². The molecule has 0 aliphatic carbocycles. The lowest BCUT2D eigenvalue weighted by Gasteiger charge is -2.26. The summed E-state index contributed by atoms with van der Waals surface area (Å²) in [5.74, 6) is 0.306. The summed E-state index contributed by atoms with van der Waals surface area (Å²) in [6, 6.07) is 7.83. The number of carbonyl (C=O) groups excluding carboxylic acids is 1. The zero-order valence-electron chi connectivity index (χ0n) is 12.8. The second kappa shape index (κ2) is 8.38. The summed E-state index contributed by atoms with van der Waals surface area (Å²) in [5, 5.41) is 0. The molecule has 1 aromatic rings. The Morgan fingerprint density at radius 1 is 1.14 bits per heavy atom. The lowest BCUT2D eigenvalue weighted by Crippen LogP contribution is -2.40. The van der Waals surface area contributed by atoms with E-state index in [0.717, 1.165) is 38.0 Å². The molecule has 1 aromatic carbocycles. The van der Waals surface area contributed by atoms with E-state index in [2.05, 4.69) is 4.99 Å². The van der Waals surface area contributed by atoms with Crippen LogP contribution in [0.15, 0.2) is 29.3 Å². The highest BCUT2D eigenvalue weighted by molar-refractivity contribution is 5.79. The third kappa shape index (κ3) is 5.37. The highest BCUT2D eigenvalue weighted by atomic mass is 16.5. The average molecular weight is 304 g/mol. The monoisotopic (exact) mass is 304 g/mol. The van der Waals surface area contributed by atoms with Crippen molar-refractivity contribution in [2.75, 3.05) is 26.3 Å². The Morgan fingerprint density at radius 2 is 1.82 bits per heavy atom. The molecule has 6 heteroatoms. The molecule has 0 aromatic heterocycles. The van der Waals surface area contributed by atoms with Crippen molar-refractivity contribution in [1.82, 2.24) is 4.90 Å². The Labute approximate surface area is 131 Å². The van der Waals surface area contributed by atoms with Crippen molar-refractivity contribution in [3.8, 4) is 0 Å². The van der Waals surface area contributed by atoms with Crippen molar-refractivity contribution >= 4 is 17.6 Å². The first-order chi connectivity index (χ1) is 10.6. The summed E-state index contributed by atoms with van der Waals surface area (Å²) in [7, 11) is 0. The molecular weight excluding hydrogens is 280 g/mol. The van der Waals surface area contributed by atoms with Crippen LogP contribution in [0.25, 0.3) is 0 Å². The molecule has 1 amide bonds. The molecule has 0 bridgehead atoms. The van der Waals surface area contributed by atoms with E-state index in [1.807, 2.05) is 29.2 Å². The number of aryl methyl sites for hydroxylation is 1. The van der Waals surface area contributed by atoms with E-state index in [9.17, 15) is 4.79 Å². The zero-order valence-corrected chi connectivity index (χ0v) is 12.8. The number of rotatable bonds is 6. The number of unbranched alkanes of at least 4 members (excludes halogenated alkanes) is 1. The van der Waals surface area contributed by atoms with E-state index in [0.29, 0.717) is 19.6 Å². The van der Waals surface area contributed by atoms with Crippen LogP contribution in [0.3, 0.4) is 0 Å². The van der Waals surface area contributed by atoms with E-state index >= 15 is 0 Å². The Hall–Kier alpha value is -2.08. The van der Waals surface area contributed by atoms with Crippen molar-refractivity contribution in [2.45, 2.75) is 25.7 Å². The maximum absolute atomic E-state index is 12.0. The summed E-state index contributed by atoms with van der Waals surface area (Å²) in [4.78, 5) is 17.9. The second-order valence-electron chi connectivity index (χ2n) is 5.40. The third-order valence-electron chi connectivity index (χ3n) is 3.66. The van der Waals surface area contributed by atoms with E-state index < -0.39 is 0 Å². The van der Waals surface area contributed by atoms with Crippen LogP contribution in [0.5, 0.6) is 0 Å². The Morgan fingerprint density at radius 3 is 2.45 bits per heavy atom. The van der Waals surface area contributed by atoms with Crippen LogP contribution < -0.4 is 11.5 Å². The van der Waals surface area contributed by atoms with Crippen LogP contribution in [0, 0.1) is 0 Å². The van der Waals surface area contributed by atoms with Crippen LogP contribution in [0.4, 0.5) is 5.69 Å². The van der Waals surface area contributed by atoms with Gasteiger partial charge in [-0.3, -0.25) is 4.79 Å². The van der Waals surface area contributed by atoms with Crippen LogP contribution in [0.1, 0.15) is 24.8 Å². The fourth-order valence-electron chi connectivity index (χ4n) is 2.46. The molecule has 0 atom stereocenters. The van der Waals surface area contributed by atoms with E-state index in [4.69, 9.17) is 16.2 Å². The first-order valence-electron chi connectivity index (χ1n) is 7.69. The number of amides is 1. The molecule has 22 heavy (non-hydrogen) atoms. The molecule has 1 aliphatic rings. The fourth-order valence-corrected chi connectivity index (χ4v) is 2.46. The minimum Gasteiger partial charge on any atom is -0.378 e. The molecule has 1 saturated heterocycles. The molecular formula is C16H24N4O2. The van der Waals surface area contributed by atoms with Crippen LogP contribution >= 0.6 is 0 Å². The predicted octanol–water partition coefficient (Wildman–Crippen LogP) is 1.16. The van der Waals surface area contributed by atoms with Crippen molar-refractivity contribution in [3.63, 3.8) is 0 Å². The summed E-state index contributed by atoms with van der Waals surface area (Å²) >= 11 is 0. The maximum atomic E-state index is 12.0. The second-order valence-corrected chi connectivity index (χ2v) is 5.40. The van der Waals surface area contributed by atoms with Gasteiger partial charge in [-0.15, -0.1) is 0 Å². The smallest absolute Gasteiger partial charge is 0.222 e. The van der Waals surface area contributed by atoms with E-state index in [-0.39, 0.29) is 11.9 Å². The number of nitrogens with zero attached hydrogens (tertiary/aromatic N) is 2. The molecule has 0 unspecified atom stereocenters. The quantitative estimate of drug-likeness (QED) is 0.468. The standard InChI is InChI=1S/C16H24N4O2/c17-16(18)19-14-7-5-13(6-8-14)3-1-2-4-15(21)20-9-11-22-12-10-20/h5-8H,1-4,9-12H2,(H4,17,18,19). The van der Waals surface area contributed by atoms with Gasteiger partial charge in [-0.1, -0.05) is 12.1 Å². The Kier molecular flexibility index (Phi) is 6.21. The van der Waals surface area contributed by atoms with Gasteiger partial charge in [0.1, 0.15) is 0 Å². The third-order valence-corrected chi connectivity index (χ3v) is 3.66. The molecule has 0 spiro atoms. The number of benzene rings is 1. The number of hydrogen-bond acceptors (Lipinski definition) is 3. The molecule has 4 N–H and O–H groups in total. The van der Waals surface area contributed by atoms with Crippen LogP contribution in [-0.2, 0) is 16.0 Å². The van der Waals surface area contributed by atoms with Gasteiger partial charge < -0.3 is 21.1 Å². The number of hydrogen-bond donors (Lipinski definition) is 2. The highest BCUT2D eigenvalue weighted by Crippen LogP contribution is 2.15. The van der Waals surface area contributed by atoms with Gasteiger partial charge in [0.05, 0.1) is 18.9 Å². The molecule has 0 radical (unpaired) electrons. The molecule has 120 valence electrons. The first kappa shape index (κ1) is 16.3. The summed E-state index contributed by atoms with van der Waals surface area (Å²) < 4.78 is 5.25. The van der Waals surface area contributed by atoms with E-state index in [1.54, 1.807) is 0 Å². The van der Waals surface area contributed by atoms with Crippen molar-refractivity contribution in [3.05, 3.63) is 29.8 Å². The lowest BCUT2D eigenvalue weighted by atomic mass is 10.1. The molecule has 0 saturated carbocycles. The molecule has 1 aliphatic heterocycles. The van der Waals surface area contributed by atoms with Gasteiger partial charge in [0.25, 0.3) is 0 Å².